The molecule has 0 fully saturated rings. The van der Waals surface area contributed by atoms with E-state index < -0.39 is 0 Å². The summed E-state index contributed by atoms with van der Waals surface area (Å²) < 4.78 is 7.05. The number of ether oxygens (including phenoxy) is 1. The molecular formula is C15H21N5O. The van der Waals surface area contributed by atoms with Gasteiger partial charge in [0.15, 0.2) is 5.96 Å². The van der Waals surface area contributed by atoms with E-state index in [0.717, 1.165) is 23.0 Å². The number of guanidine groups is 1. The highest BCUT2D eigenvalue weighted by Gasteiger charge is 2.02. The van der Waals surface area contributed by atoms with E-state index >= 15 is 0 Å². The standard InChI is InChI=1S/C15H21N5O/c1-16-15(18-11-13-7-8-19-20(13)2)17-10-12-5-4-6-14(9-12)21-3/h4-9H,10-11H2,1-3H3,(H2,16,17,18). The van der Waals surface area contributed by atoms with E-state index in [0.29, 0.717) is 13.1 Å². The van der Waals surface area contributed by atoms with Crippen LogP contribution in [-0.4, -0.2) is 29.9 Å². The number of nitrogens with zero attached hydrogens (tertiary/aromatic N) is 3. The van der Waals surface area contributed by atoms with E-state index in [9.17, 15) is 0 Å². The third kappa shape index (κ3) is 4.24. The number of hydrogen-bond acceptors (Lipinski definition) is 3. The largest absolute Gasteiger partial charge is 0.497 e. The fraction of sp³-hybridized carbons (Fsp3) is 0.333. The first-order valence-electron chi connectivity index (χ1n) is 6.77. The lowest BCUT2D eigenvalue weighted by Crippen LogP contribution is -2.36. The number of aromatic nitrogens is 2. The fourth-order valence-corrected chi connectivity index (χ4v) is 1.94. The van der Waals surface area contributed by atoms with Crippen LogP contribution in [0.5, 0.6) is 5.75 Å². The van der Waals surface area contributed by atoms with Gasteiger partial charge in [0, 0.05) is 26.8 Å². The van der Waals surface area contributed by atoms with Crippen molar-refractivity contribution < 1.29 is 4.74 Å². The Hall–Kier alpha value is -2.50. The number of hydrogen-bond donors (Lipinski definition) is 2. The molecule has 6 heteroatoms. The first-order chi connectivity index (χ1) is 10.2. The van der Waals surface area contributed by atoms with Gasteiger partial charge in [-0.25, -0.2) is 0 Å². The Labute approximate surface area is 124 Å². The van der Waals surface area contributed by atoms with Crippen molar-refractivity contribution in [2.45, 2.75) is 13.1 Å². The second-order valence-electron chi connectivity index (χ2n) is 4.58. The van der Waals surface area contributed by atoms with E-state index in [-0.39, 0.29) is 0 Å². The first kappa shape index (κ1) is 14.9. The van der Waals surface area contributed by atoms with Gasteiger partial charge in [-0.05, 0) is 23.8 Å². The summed E-state index contributed by atoms with van der Waals surface area (Å²) in [5.74, 6) is 1.60. The summed E-state index contributed by atoms with van der Waals surface area (Å²) in [7, 11) is 5.34. The Kier molecular flexibility index (Phi) is 5.20. The maximum absolute atomic E-state index is 5.21. The molecule has 1 aromatic carbocycles. The minimum absolute atomic E-state index is 0.675. The Morgan fingerprint density at radius 2 is 2.10 bits per heavy atom. The average molecular weight is 287 g/mol. The third-order valence-electron chi connectivity index (χ3n) is 3.18. The minimum atomic E-state index is 0.675. The molecule has 0 aliphatic heterocycles. The minimum Gasteiger partial charge on any atom is -0.497 e. The summed E-state index contributed by atoms with van der Waals surface area (Å²) in [5.41, 5.74) is 2.23. The van der Waals surface area contributed by atoms with Crippen molar-refractivity contribution in [1.29, 1.82) is 0 Å². The lowest BCUT2D eigenvalue weighted by Gasteiger charge is -2.12. The van der Waals surface area contributed by atoms with Gasteiger partial charge in [0.2, 0.25) is 0 Å². The van der Waals surface area contributed by atoms with Crippen LogP contribution in [0.3, 0.4) is 0 Å². The van der Waals surface area contributed by atoms with Crippen molar-refractivity contribution in [2.24, 2.45) is 12.0 Å². The predicted molar refractivity (Wildman–Crippen MR) is 83.2 cm³/mol. The molecule has 0 bridgehead atoms. The smallest absolute Gasteiger partial charge is 0.191 e. The van der Waals surface area contributed by atoms with Gasteiger partial charge in [0.05, 0.1) is 19.3 Å². The first-order valence-corrected chi connectivity index (χ1v) is 6.77. The van der Waals surface area contributed by atoms with Gasteiger partial charge in [0.1, 0.15) is 5.75 Å². The van der Waals surface area contributed by atoms with E-state index in [1.165, 1.54) is 0 Å². The second kappa shape index (κ2) is 7.33. The Bertz CT molecular complexity index is 606. The molecule has 2 rings (SSSR count). The summed E-state index contributed by atoms with van der Waals surface area (Å²) in [5, 5.41) is 10.7. The molecule has 0 saturated carbocycles. The van der Waals surface area contributed by atoms with Crippen LogP contribution in [0.1, 0.15) is 11.3 Å². The van der Waals surface area contributed by atoms with Gasteiger partial charge >= 0.3 is 0 Å². The molecule has 1 heterocycles. The SMILES string of the molecule is CN=C(NCc1cccc(OC)c1)NCc1ccnn1C. The van der Waals surface area contributed by atoms with Crippen LogP contribution >= 0.6 is 0 Å². The molecular weight excluding hydrogens is 266 g/mol. The highest BCUT2D eigenvalue weighted by molar-refractivity contribution is 5.79. The van der Waals surface area contributed by atoms with Gasteiger partial charge < -0.3 is 15.4 Å². The summed E-state index contributed by atoms with van der Waals surface area (Å²) in [6.45, 7) is 1.36. The van der Waals surface area contributed by atoms with E-state index in [1.54, 1.807) is 20.4 Å². The topological polar surface area (TPSA) is 63.5 Å². The Morgan fingerprint density at radius 3 is 2.76 bits per heavy atom. The van der Waals surface area contributed by atoms with Crippen molar-refractivity contribution in [2.75, 3.05) is 14.2 Å². The van der Waals surface area contributed by atoms with E-state index in [1.807, 2.05) is 42.1 Å². The van der Waals surface area contributed by atoms with Crippen molar-refractivity contribution in [3.63, 3.8) is 0 Å². The monoisotopic (exact) mass is 287 g/mol. The van der Waals surface area contributed by atoms with Gasteiger partial charge in [-0.1, -0.05) is 12.1 Å². The molecule has 0 atom stereocenters. The zero-order chi connectivity index (χ0) is 15.1. The number of nitrogens with one attached hydrogen (secondary N) is 2. The number of aliphatic imine (C=N–C) groups is 1. The number of rotatable bonds is 5. The molecule has 6 nitrogen and oxygen atoms in total. The van der Waals surface area contributed by atoms with Gasteiger partial charge in [-0.15, -0.1) is 0 Å². The summed E-state index contributed by atoms with van der Waals surface area (Å²) in [6.07, 6.45) is 1.78. The predicted octanol–water partition coefficient (Wildman–Crippen LogP) is 1.29. The average Bonchev–Trinajstić information content (AvgIpc) is 2.93. The lowest BCUT2D eigenvalue weighted by molar-refractivity contribution is 0.414. The molecule has 2 aromatic rings. The molecule has 0 amide bonds. The van der Waals surface area contributed by atoms with Gasteiger partial charge in [0.25, 0.3) is 0 Å². The zero-order valence-electron chi connectivity index (χ0n) is 12.6. The summed E-state index contributed by atoms with van der Waals surface area (Å²) >= 11 is 0. The zero-order valence-corrected chi connectivity index (χ0v) is 12.6. The van der Waals surface area contributed by atoms with Crippen molar-refractivity contribution >= 4 is 5.96 Å². The molecule has 0 saturated heterocycles. The second-order valence-corrected chi connectivity index (χ2v) is 4.58. The molecule has 0 unspecified atom stereocenters. The molecule has 0 spiro atoms. The quantitative estimate of drug-likeness (QED) is 0.642. The fourth-order valence-electron chi connectivity index (χ4n) is 1.94. The summed E-state index contributed by atoms with van der Waals surface area (Å²) in [4.78, 5) is 4.21. The molecule has 1 aromatic heterocycles. The van der Waals surface area contributed by atoms with Crippen molar-refractivity contribution in [3.8, 4) is 5.75 Å². The normalized spacial score (nSPS) is 11.3. The molecule has 0 aliphatic rings. The Morgan fingerprint density at radius 1 is 1.29 bits per heavy atom. The van der Waals surface area contributed by atoms with Crippen molar-refractivity contribution in [3.05, 3.63) is 47.8 Å². The van der Waals surface area contributed by atoms with E-state index in [4.69, 9.17) is 4.74 Å². The number of benzene rings is 1. The highest BCUT2D eigenvalue weighted by Crippen LogP contribution is 2.11. The van der Waals surface area contributed by atoms with Crippen LogP contribution in [0.2, 0.25) is 0 Å². The van der Waals surface area contributed by atoms with Crippen LogP contribution in [0.15, 0.2) is 41.5 Å². The van der Waals surface area contributed by atoms with Gasteiger partial charge in [-0.2, -0.15) is 5.10 Å². The molecule has 21 heavy (non-hydrogen) atoms. The molecule has 0 aliphatic carbocycles. The molecule has 112 valence electrons. The van der Waals surface area contributed by atoms with Crippen molar-refractivity contribution in [1.82, 2.24) is 20.4 Å². The molecule has 2 N–H and O–H groups in total. The highest BCUT2D eigenvalue weighted by atomic mass is 16.5. The Balaban J connectivity index is 1.86. The van der Waals surface area contributed by atoms with Crippen LogP contribution < -0.4 is 15.4 Å². The van der Waals surface area contributed by atoms with Crippen LogP contribution in [-0.2, 0) is 20.1 Å². The maximum atomic E-state index is 5.21. The number of methoxy groups -OCH3 is 1. The van der Waals surface area contributed by atoms with E-state index in [2.05, 4.69) is 20.7 Å². The van der Waals surface area contributed by atoms with Crippen LogP contribution in [0, 0.1) is 0 Å². The van der Waals surface area contributed by atoms with Crippen LogP contribution in [0.4, 0.5) is 0 Å². The van der Waals surface area contributed by atoms with Crippen LogP contribution in [0.25, 0.3) is 0 Å². The third-order valence-corrected chi connectivity index (χ3v) is 3.18. The number of aryl methyl sites for hydroxylation is 1. The lowest BCUT2D eigenvalue weighted by atomic mass is 10.2. The maximum Gasteiger partial charge on any atom is 0.191 e. The van der Waals surface area contributed by atoms with Gasteiger partial charge in [-0.3, -0.25) is 9.67 Å². The molecule has 0 radical (unpaired) electrons. The summed E-state index contributed by atoms with van der Waals surface area (Å²) in [6, 6.07) is 9.92.